The molecule has 3 aliphatic carbocycles. The van der Waals surface area contributed by atoms with Gasteiger partial charge in [-0.2, -0.15) is 0 Å². The van der Waals surface area contributed by atoms with Gasteiger partial charge >= 0.3 is 0 Å². The van der Waals surface area contributed by atoms with Crippen LogP contribution >= 0.6 is 0 Å². The van der Waals surface area contributed by atoms with Crippen molar-refractivity contribution >= 4 is 0 Å². The van der Waals surface area contributed by atoms with Crippen LogP contribution in [0.4, 0.5) is 0 Å². The van der Waals surface area contributed by atoms with Crippen molar-refractivity contribution in [3.8, 4) is 5.75 Å². The second-order valence-corrected chi connectivity index (χ2v) is 6.57. The number of rotatable bonds is 0. The summed E-state index contributed by atoms with van der Waals surface area (Å²) < 4.78 is 0. The number of aryl methyl sites for hydroxylation is 1. The number of fused-ring (bicyclic) bond motifs is 7. The monoisotopic (exact) mass is 228 g/mol. The van der Waals surface area contributed by atoms with Crippen LogP contribution in [0.15, 0.2) is 12.1 Å². The Morgan fingerprint density at radius 3 is 2.82 bits per heavy atom. The highest BCUT2D eigenvalue weighted by atomic mass is 16.3. The summed E-state index contributed by atoms with van der Waals surface area (Å²) in [5.41, 5.74) is 3.82. The number of hydrogen-bond donors (Lipinski definition) is 1. The molecule has 3 aliphatic rings. The van der Waals surface area contributed by atoms with Crippen molar-refractivity contribution in [2.45, 2.75) is 39.0 Å². The fourth-order valence-electron chi connectivity index (χ4n) is 5.08. The van der Waals surface area contributed by atoms with Crippen molar-refractivity contribution in [1.29, 1.82) is 0 Å². The van der Waals surface area contributed by atoms with Gasteiger partial charge in [0.05, 0.1) is 0 Å². The molecule has 0 aliphatic heterocycles. The lowest BCUT2D eigenvalue weighted by Gasteiger charge is -2.30. The minimum Gasteiger partial charge on any atom is -0.507 e. The zero-order valence-corrected chi connectivity index (χ0v) is 10.6. The zero-order valence-electron chi connectivity index (χ0n) is 10.6. The highest BCUT2D eigenvalue weighted by Crippen LogP contribution is 2.64. The van der Waals surface area contributed by atoms with Gasteiger partial charge in [0.15, 0.2) is 0 Å². The maximum absolute atomic E-state index is 10.4. The number of benzene rings is 1. The SMILES string of the molecule is Cc1ccc2c(c1O)C1C3CC(CC3C)C1C2. The van der Waals surface area contributed by atoms with E-state index in [1.54, 1.807) is 0 Å². The molecule has 0 aromatic heterocycles. The van der Waals surface area contributed by atoms with Crippen LogP contribution < -0.4 is 0 Å². The van der Waals surface area contributed by atoms with E-state index in [2.05, 4.69) is 19.1 Å². The maximum Gasteiger partial charge on any atom is 0.122 e. The van der Waals surface area contributed by atoms with Crippen molar-refractivity contribution < 1.29 is 5.11 Å². The van der Waals surface area contributed by atoms with Crippen molar-refractivity contribution in [2.24, 2.45) is 23.7 Å². The van der Waals surface area contributed by atoms with Crippen molar-refractivity contribution in [2.75, 3.05) is 0 Å². The molecule has 1 nitrogen and oxygen atoms in total. The lowest BCUT2D eigenvalue weighted by atomic mass is 9.74. The Morgan fingerprint density at radius 2 is 2.00 bits per heavy atom. The summed E-state index contributed by atoms with van der Waals surface area (Å²) in [6.45, 7) is 4.44. The quantitative estimate of drug-likeness (QED) is 0.719. The highest BCUT2D eigenvalue weighted by Gasteiger charge is 2.55. The smallest absolute Gasteiger partial charge is 0.122 e. The Bertz CT molecular complexity index is 489. The number of aromatic hydroxyl groups is 1. The Hall–Kier alpha value is -0.980. The van der Waals surface area contributed by atoms with Gasteiger partial charge < -0.3 is 5.11 Å². The van der Waals surface area contributed by atoms with E-state index in [0.717, 1.165) is 29.2 Å². The van der Waals surface area contributed by atoms with Crippen molar-refractivity contribution in [3.63, 3.8) is 0 Å². The maximum atomic E-state index is 10.4. The second-order valence-electron chi connectivity index (χ2n) is 6.57. The average Bonchev–Trinajstić information content (AvgIpc) is 2.91. The van der Waals surface area contributed by atoms with E-state index in [4.69, 9.17) is 0 Å². The summed E-state index contributed by atoms with van der Waals surface area (Å²) in [5.74, 6) is 4.78. The summed E-state index contributed by atoms with van der Waals surface area (Å²) in [6.07, 6.45) is 4.07. The molecule has 0 saturated heterocycles. The topological polar surface area (TPSA) is 20.2 Å². The largest absolute Gasteiger partial charge is 0.507 e. The molecule has 4 rings (SSSR count). The standard InChI is InChI=1S/C16H20O/c1-8-3-4-10-6-13-11-5-9(2)12(7-11)15(13)14(10)16(8)17/h3-4,9,11-13,15,17H,5-7H2,1-2H3. The Morgan fingerprint density at radius 1 is 1.18 bits per heavy atom. The lowest BCUT2D eigenvalue weighted by molar-refractivity contribution is 0.244. The molecule has 90 valence electrons. The molecule has 0 spiro atoms. The van der Waals surface area contributed by atoms with Gasteiger partial charge in [-0.05, 0) is 66.9 Å². The molecular weight excluding hydrogens is 208 g/mol. The van der Waals surface area contributed by atoms with Crippen LogP contribution in [0, 0.1) is 30.6 Å². The minimum atomic E-state index is 0.606. The molecule has 1 aromatic carbocycles. The van der Waals surface area contributed by atoms with Gasteiger partial charge in [0.25, 0.3) is 0 Å². The van der Waals surface area contributed by atoms with Crippen LogP contribution in [-0.2, 0) is 6.42 Å². The predicted molar refractivity (Wildman–Crippen MR) is 68.2 cm³/mol. The van der Waals surface area contributed by atoms with Crippen LogP contribution in [0.5, 0.6) is 5.75 Å². The minimum absolute atomic E-state index is 0.606. The van der Waals surface area contributed by atoms with E-state index in [-0.39, 0.29) is 0 Å². The van der Waals surface area contributed by atoms with Gasteiger partial charge in [-0.15, -0.1) is 0 Å². The molecule has 2 fully saturated rings. The van der Waals surface area contributed by atoms with Crippen LogP contribution in [0.25, 0.3) is 0 Å². The summed E-state index contributed by atoms with van der Waals surface area (Å²) in [5, 5.41) is 10.4. The Balaban J connectivity index is 1.87. The van der Waals surface area contributed by atoms with Gasteiger partial charge in [0.1, 0.15) is 5.75 Å². The fraction of sp³-hybridized carbons (Fsp3) is 0.625. The summed E-state index contributed by atoms with van der Waals surface area (Å²) in [4.78, 5) is 0. The first-order valence-corrected chi connectivity index (χ1v) is 6.98. The highest BCUT2D eigenvalue weighted by molar-refractivity contribution is 5.51. The lowest BCUT2D eigenvalue weighted by Crippen LogP contribution is -2.22. The van der Waals surface area contributed by atoms with Crippen molar-refractivity contribution in [3.05, 3.63) is 28.8 Å². The molecule has 1 heteroatoms. The second kappa shape index (κ2) is 3.07. The molecule has 1 N–H and O–H groups in total. The van der Waals surface area contributed by atoms with Crippen molar-refractivity contribution in [1.82, 2.24) is 0 Å². The first kappa shape index (κ1) is 9.99. The Kier molecular flexibility index (Phi) is 1.80. The van der Waals surface area contributed by atoms with Gasteiger partial charge in [-0.3, -0.25) is 0 Å². The molecule has 2 bridgehead atoms. The van der Waals surface area contributed by atoms with E-state index in [1.807, 2.05) is 6.92 Å². The Labute approximate surface area is 103 Å². The molecule has 1 aromatic rings. The first-order valence-electron chi connectivity index (χ1n) is 6.98. The fourth-order valence-corrected chi connectivity index (χ4v) is 5.08. The summed E-state index contributed by atoms with van der Waals surface area (Å²) >= 11 is 0. The van der Waals surface area contributed by atoms with Crippen LogP contribution in [-0.4, -0.2) is 5.11 Å². The average molecular weight is 228 g/mol. The number of phenols is 1. The molecule has 0 heterocycles. The van der Waals surface area contributed by atoms with Gasteiger partial charge in [-0.1, -0.05) is 19.1 Å². The van der Waals surface area contributed by atoms with Crippen LogP contribution in [0.3, 0.4) is 0 Å². The molecular formula is C16H20O. The molecule has 2 saturated carbocycles. The molecule has 0 radical (unpaired) electrons. The van der Waals surface area contributed by atoms with E-state index in [9.17, 15) is 5.11 Å². The van der Waals surface area contributed by atoms with E-state index >= 15 is 0 Å². The van der Waals surface area contributed by atoms with E-state index in [0.29, 0.717) is 11.7 Å². The molecule has 0 amide bonds. The number of phenolic OH excluding ortho intramolecular Hbond substituents is 1. The molecule has 17 heavy (non-hydrogen) atoms. The third-order valence-corrected chi connectivity index (χ3v) is 5.81. The van der Waals surface area contributed by atoms with Gasteiger partial charge in [0, 0.05) is 5.56 Å². The third-order valence-electron chi connectivity index (χ3n) is 5.81. The third kappa shape index (κ3) is 1.10. The molecule has 5 unspecified atom stereocenters. The summed E-state index contributed by atoms with van der Waals surface area (Å²) in [6, 6.07) is 4.34. The van der Waals surface area contributed by atoms with E-state index < -0.39 is 0 Å². The molecule has 5 atom stereocenters. The number of hydrogen-bond acceptors (Lipinski definition) is 1. The van der Waals surface area contributed by atoms with Gasteiger partial charge in [-0.25, -0.2) is 0 Å². The first-order chi connectivity index (χ1) is 8.16. The van der Waals surface area contributed by atoms with Crippen LogP contribution in [0.1, 0.15) is 42.4 Å². The zero-order chi connectivity index (χ0) is 11.7. The van der Waals surface area contributed by atoms with E-state index in [1.165, 1.54) is 30.4 Å². The summed E-state index contributed by atoms with van der Waals surface area (Å²) in [7, 11) is 0. The van der Waals surface area contributed by atoms with Crippen LogP contribution in [0.2, 0.25) is 0 Å². The normalized spacial score (nSPS) is 41.6. The van der Waals surface area contributed by atoms with Gasteiger partial charge in [0.2, 0.25) is 0 Å². The predicted octanol–water partition coefficient (Wildman–Crippen LogP) is 3.63.